The molecule has 1 unspecified atom stereocenters. The monoisotopic (exact) mass is 387 g/mol. The molecule has 1 saturated heterocycles. The molecule has 2 fully saturated rings. The van der Waals surface area contributed by atoms with E-state index in [4.69, 9.17) is 11.6 Å². The molecule has 0 radical (unpaired) electrons. The largest absolute Gasteiger partial charge is 0.368 e. The molecule has 1 amide bonds. The van der Waals surface area contributed by atoms with Crippen molar-refractivity contribution < 1.29 is 9.18 Å². The summed E-state index contributed by atoms with van der Waals surface area (Å²) in [5.74, 6) is 0.280. The number of likely N-dealkylation sites (tertiary alicyclic amines) is 1. The van der Waals surface area contributed by atoms with Crippen molar-refractivity contribution in [3.63, 3.8) is 0 Å². The molecule has 1 aliphatic carbocycles. The molecule has 1 aliphatic heterocycles. The lowest BCUT2D eigenvalue weighted by molar-refractivity contribution is 0.0544. The Morgan fingerprint density at radius 1 is 1.33 bits per heavy atom. The first-order valence-corrected chi connectivity index (χ1v) is 9.76. The zero-order chi connectivity index (χ0) is 19.0. The molecule has 1 spiro atoms. The van der Waals surface area contributed by atoms with E-state index in [0.717, 1.165) is 30.8 Å². The highest BCUT2D eigenvalue weighted by Gasteiger charge is 2.49. The molecule has 1 N–H and O–H groups in total. The molecule has 1 saturated carbocycles. The van der Waals surface area contributed by atoms with Crippen molar-refractivity contribution in [1.29, 1.82) is 0 Å². The van der Waals surface area contributed by atoms with E-state index in [1.54, 1.807) is 18.3 Å². The highest BCUT2D eigenvalue weighted by Crippen LogP contribution is 2.55. The average Bonchev–Trinajstić information content (AvgIpc) is 3.41. The van der Waals surface area contributed by atoms with Crippen LogP contribution in [0.2, 0.25) is 5.02 Å². The summed E-state index contributed by atoms with van der Waals surface area (Å²) in [6.07, 6.45) is 6.09. The number of rotatable bonds is 4. The van der Waals surface area contributed by atoms with Gasteiger partial charge in [-0.2, -0.15) is 0 Å². The van der Waals surface area contributed by atoms with Crippen LogP contribution >= 0.6 is 11.6 Å². The number of hydrogen-bond acceptors (Lipinski definition) is 3. The van der Waals surface area contributed by atoms with Gasteiger partial charge in [0.2, 0.25) is 0 Å². The molecule has 2 aliphatic rings. The first-order chi connectivity index (χ1) is 13.0. The van der Waals surface area contributed by atoms with E-state index >= 15 is 0 Å². The van der Waals surface area contributed by atoms with E-state index in [2.05, 4.69) is 10.3 Å². The number of halogens is 2. The highest BCUT2D eigenvalue weighted by atomic mass is 35.5. The number of carbonyl (C=O) groups excluding carboxylic acids is 1. The van der Waals surface area contributed by atoms with Gasteiger partial charge in [0.15, 0.2) is 0 Å². The quantitative estimate of drug-likeness (QED) is 0.828. The van der Waals surface area contributed by atoms with Gasteiger partial charge in [-0.05, 0) is 67.9 Å². The zero-order valence-electron chi connectivity index (χ0n) is 15.3. The van der Waals surface area contributed by atoms with Gasteiger partial charge >= 0.3 is 0 Å². The summed E-state index contributed by atoms with van der Waals surface area (Å²) in [5, 5.41) is 3.92. The van der Waals surface area contributed by atoms with Gasteiger partial charge in [-0.1, -0.05) is 17.7 Å². The molecule has 4 nitrogen and oxygen atoms in total. The molecular formula is C21H23ClFN3O. The Bertz CT molecular complexity index is 851. The number of nitrogens with one attached hydrogen (secondary N) is 1. The second-order valence-corrected chi connectivity index (χ2v) is 8.24. The third kappa shape index (κ3) is 3.93. The molecule has 2 heterocycles. The number of aromatic nitrogens is 1. The zero-order valence-corrected chi connectivity index (χ0v) is 16.1. The number of piperidine rings is 1. The van der Waals surface area contributed by atoms with Crippen LogP contribution in [0.5, 0.6) is 0 Å². The topological polar surface area (TPSA) is 45.2 Å². The lowest BCUT2D eigenvalue weighted by Gasteiger charge is -2.40. The minimum Gasteiger partial charge on any atom is -0.368 e. The molecule has 27 heavy (non-hydrogen) atoms. The van der Waals surface area contributed by atoms with Crippen molar-refractivity contribution in [2.45, 2.75) is 38.6 Å². The van der Waals surface area contributed by atoms with Crippen molar-refractivity contribution in [3.8, 4) is 0 Å². The van der Waals surface area contributed by atoms with Crippen LogP contribution in [0.3, 0.4) is 0 Å². The molecule has 0 bridgehead atoms. The number of anilines is 1. The number of pyridine rings is 1. The summed E-state index contributed by atoms with van der Waals surface area (Å²) in [7, 11) is 0. The maximum Gasteiger partial charge on any atom is 0.254 e. The van der Waals surface area contributed by atoms with Gasteiger partial charge < -0.3 is 10.2 Å². The maximum absolute atomic E-state index is 13.7. The van der Waals surface area contributed by atoms with Crippen molar-refractivity contribution in [2.24, 2.45) is 5.41 Å². The Labute approximate surface area is 163 Å². The number of carbonyl (C=O) groups is 1. The highest BCUT2D eigenvalue weighted by molar-refractivity contribution is 6.30. The first-order valence-electron chi connectivity index (χ1n) is 9.38. The van der Waals surface area contributed by atoms with Crippen LogP contribution in [-0.2, 0) is 0 Å². The van der Waals surface area contributed by atoms with Gasteiger partial charge in [0.1, 0.15) is 11.6 Å². The standard InChI is InChI=1S/C21H23ClFN3O/c1-14-2-4-16(23)10-18(14)20(27)26-9-8-21(6-7-21)11-17(26)13-25-19-5-3-15(22)12-24-19/h2-5,10,12,17H,6-9,11,13H2,1H3,(H,24,25). The van der Waals surface area contributed by atoms with E-state index < -0.39 is 0 Å². The van der Waals surface area contributed by atoms with E-state index in [9.17, 15) is 9.18 Å². The lowest BCUT2D eigenvalue weighted by atomic mass is 9.87. The van der Waals surface area contributed by atoms with E-state index in [1.165, 1.54) is 25.0 Å². The van der Waals surface area contributed by atoms with Gasteiger partial charge in [-0.15, -0.1) is 0 Å². The molecule has 1 aromatic heterocycles. The Kier molecular flexibility index (Phi) is 4.81. The van der Waals surface area contributed by atoms with Crippen LogP contribution < -0.4 is 5.32 Å². The van der Waals surface area contributed by atoms with Gasteiger partial charge in [0.05, 0.1) is 5.02 Å². The van der Waals surface area contributed by atoms with Gasteiger partial charge in [-0.25, -0.2) is 9.37 Å². The SMILES string of the molecule is Cc1ccc(F)cc1C(=O)N1CCC2(CC2)CC1CNc1ccc(Cl)cn1. The summed E-state index contributed by atoms with van der Waals surface area (Å²) < 4.78 is 13.7. The summed E-state index contributed by atoms with van der Waals surface area (Å²) in [5.41, 5.74) is 1.66. The van der Waals surface area contributed by atoms with Crippen molar-refractivity contribution in [1.82, 2.24) is 9.88 Å². The number of hydrogen-bond donors (Lipinski definition) is 1. The van der Waals surface area contributed by atoms with Crippen LogP contribution in [0.25, 0.3) is 0 Å². The van der Waals surface area contributed by atoms with Crippen LogP contribution in [0.15, 0.2) is 36.5 Å². The fraction of sp³-hybridized carbons (Fsp3) is 0.429. The number of benzene rings is 1. The molecular weight excluding hydrogens is 365 g/mol. The van der Waals surface area contributed by atoms with E-state index in [-0.39, 0.29) is 17.8 Å². The van der Waals surface area contributed by atoms with Gasteiger partial charge in [0.25, 0.3) is 5.91 Å². The fourth-order valence-electron chi connectivity index (χ4n) is 4.02. The predicted octanol–water partition coefficient (Wildman–Crippen LogP) is 4.68. The fourth-order valence-corrected chi connectivity index (χ4v) is 4.13. The van der Waals surface area contributed by atoms with Crippen LogP contribution in [0, 0.1) is 18.2 Å². The van der Waals surface area contributed by atoms with Crippen molar-refractivity contribution in [2.75, 3.05) is 18.4 Å². The third-order valence-corrected chi connectivity index (χ3v) is 6.11. The first kappa shape index (κ1) is 18.2. The minimum atomic E-state index is -0.375. The second kappa shape index (κ2) is 7.12. The van der Waals surface area contributed by atoms with Crippen LogP contribution in [-0.4, -0.2) is 34.9 Å². The summed E-state index contributed by atoms with van der Waals surface area (Å²) in [6, 6.07) is 8.10. The Balaban J connectivity index is 1.53. The van der Waals surface area contributed by atoms with Crippen molar-refractivity contribution in [3.05, 3.63) is 58.5 Å². The van der Waals surface area contributed by atoms with Crippen molar-refractivity contribution >= 4 is 23.3 Å². The summed E-state index contributed by atoms with van der Waals surface area (Å²) in [6.45, 7) is 3.19. The molecule has 1 atom stereocenters. The molecule has 142 valence electrons. The van der Waals surface area contributed by atoms with Gasteiger partial charge in [0, 0.05) is 30.9 Å². The Morgan fingerprint density at radius 2 is 2.15 bits per heavy atom. The minimum absolute atomic E-state index is 0.0638. The van der Waals surface area contributed by atoms with Gasteiger partial charge in [-0.3, -0.25) is 4.79 Å². The predicted molar refractivity (Wildman–Crippen MR) is 105 cm³/mol. The number of aryl methyl sites for hydroxylation is 1. The van der Waals surface area contributed by atoms with E-state index in [1.807, 2.05) is 17.9 Å². The smallest absolute Gasteiger partial charge is 0.254 e. The number of nitrogens with zero attached hydrogens (tertiary/aromatic N) is 2. The summed E-state index contributed by atoms with van der Waals surface area (Å²) >= 11 is 5.89. The Morgan fingerprint density at radius 3 is 2.85 bits per heavy atom. The van der Waals surface area contributed by atoms with E-state index in [0.29, 0.717) is 22.5 Å². The second-order valence-electron chi connectivity index (χ2n) is 7.81. The molecule has 6 heteroatoms. The Hall–Kier alpha value is -2.14. The van der Waals surface area contributed by atoms with Crippen LogP contribution in [0.1, 0.15) is 41.6 Å². The number of amides is 1. The molecule has 1 aromatic carbocycles. The average molecular weight is 388 g/mol. The normalized spacial score (nSPS) is 20.6. The molecule has 4 rings (SSSR count). The molecule has 2 aromatic rings. The lowest BCUT2D eigenvalue weighted by Crippen LogP contribution is -2.50. The maximum atomic E-state index is 13.7. The summed E-state index contributed by atoms with van der Waals surface area (Å²) in [4.78, 5) is 19.4. The third-order valence-electron chi connectivity index (χ3n) is 5.89. The van der Waals surface area contributed by atoms with Crippen LogP contribution in [0.4, 0.5) is 10.2 Å².